The second-order valence-electron chi connectivity index (χ2n) is 4.38. The van der Waals surface area contributed by atoms with E-state index < -0.39 is 5.91 Å². The quantitative estimate of drug-likeness (QED) is 0.795. The maximum absolute atomic E-state index is 11.4. The number of nitrogens with zero attached hydrogens (tertiary/aromatic N) is 3. The first-order valence-corrected chi connectivity index (χ1v) is 7.02. The van der Waals surface area contributed by atoms with Crippen molar-refractivity contribution < 1.29 is 4.79 Å². The molecular weight excluding hydrogens is 332 g/mol. The van der Waals surface area contributed by atoms with Crippen LogP contribution in [0.15, 0.2) is 59.1 Å². The van der Waals surface area contributed by atoms with Crippen LogP contribution in [0.3, 0.4) is 0 Å². The molecule has 1 aromatic heterocycles. The maximum atomic E-state index is 11.4. The molecule has 0 fully saturated rings. The predicted molar refractivity (Wildman–Crippen MR) is 83.0 cm³/mol. The Morgan fingerprint density at radius 2 is 1.71 bits per heavy atom. The first kappa shape index (κ1) is 13.5. The molecule has 21 heavy (non-hydrogen) atoms. The first-order valence-electron chi connectivity index (χ1n) is 6.23. The Bertz CT molecular complexity index is 781. The Kier molecular flexibility index (Phi) is 3.53. The number of carbonyl (C=O) groups excluding carboxylic acids is 1. The number of rotatable bonds is 3. The van der Waals surface area contributed by atoms with E-state index in [1.807, 2.05) is 54.6 Å². The number of primary amides is 1. The Morgan fingerprint density at radius 1 is 1.05 bits per heavy atom. The monoisotopic (exact) mass is 342 g/mol. The van der Waals surface area contributed by atoms with Crippen LogP contribution in [0.25, 0.3) is 17.1 Å². The van der Waals surface area contributed by atoms with Gasteiger partial charge in [-0.3, -0.25) is 4.79 Å². The van der Waals surface area contributed by atoms with E-state index in [2.05, 4.69) is 26.0 Å². The number of benzene rings is 2. The zero-order valence-electron chi connectivity index (χ0n) is 10.9. The normalized spacial score (nSPS) is 10.5. The topological polar surface area (TPSA) is 73.8 Å². The molecule has 1 heterocycles. The van der Waals surface area contributed by atoms with Gasteiger partial charge in [0.05, 0.1) is 5.69 Å². The summed E-state index contributed by atoms with van der Waals surface area (Å²) in [6.45, 7) is 0. The summed E-state index contributed by atoms with van der Waals surface area (Å²) < 4.78 is 2.58. The molecule has 2 N–H and O–H groups in total. The van der Waals surface area contributed by atoms with Crippen molar-refractivity contribution in [2.24, 2.45) is 5.73 Å². The molecule has 5 nitrogen and oxygen atoms in total. The van der Waals surface area contributed by atoms with E-state index in [9.17, 15) is 4.79 Å². The predicted octanol–water partition coefficient (Wildman–Crippen LogP) is 2.80. The van der Waals surface area contributed by atoms with Gasteiger partial charge in [0, 0.05) is 10.0 Å². The molecule has 0 aliphatic carbocycles. The highest BCUT2D eigenvalue weighted by molar-refractivity contribution is 9.10. The smallest absolute Gasteiger partial charge is 0.288 e. The molecule has 1 amide bonds. The summed E-state index contributed by atoms with van der Waals surface area (Å²) in [5.74, 6) is -0.0812. The Labute approximate surface area is 129 Å². The van der Waals surface area contributed by atoms with Crippen molar-refractivity contribution in [3.05, 3.63) is 64.9 Å². The number of hydrogen-bond donors (Lipinski definition) is 1. The zero-order valence-corrected chi connectivity index (χ0v) is 12.5. The standard InChI is InChI=1S/C15H11BrN4O/c16-11-8-6-10(7-9-11)15-18-14(13(17)21)19-20(15)12-4-2-1-3-5-12/h1-9H,(H2,17,21). The van der Waals surface area contributed by atoms with Gasteiger partial charge >= 0.3 is 0 Å². The van der Waals surface area contributed by atoms with E-state index >= 15 is 0 Å². The lowest BCUT2D eigenvalue weighted by atomic mass is 10.2. The van der Waals surface area contributed by atoms with Crippen LogP contribution in [0.1, 0.15) is 10.6 Å². The molecule has 3 aromatic rings. The second kappa shape index (κ2) is 5.49. The average Bonchev–Trinajstić information content (AvgIpc) is 2.94. The zero-order chi connectivity index (χ0) is 14.8. The van der Waals surface area contributed by atoms with Crippen LogP contribution in [0.5, 0.6) is 0 Å². The van der Waals surface area contributed by atoms with Crippen LogP contribution in [-0.4, -0.2) is 20.7 Å². The van der Waals surface area contributed by atoms with Crippen LogP contribution in [0, 0.1) is 0 Å². The third-order valence-corrected chi connectivity index (χ3v) is 3.46. The van der Waals surface area contributed by atoms with Gasteiger partial charge in [0.2, 0.25) is 5.82 Å². The fourth-order valence-electron chi connectivity index (χ4n) is 1.95. The minimum atomic E-state index is -0.650. The van der Waals surface area contributed by atoms with E-state index in [1.54, 1.807) is 4.68 Å². The third-order valence-electron chi connectivity index (χ3n) is 2.93. The van der Waals surface area contributed by atoms with Gasteiger partial charge in [-0.1, -0.05) is 46.3 Å². The number of halogens is 1. The van der Waals surface area contributed by atoms with Crippen molar-refractivity contribution in [2.75, 3.05) is 0 Å². The van der Waals surface area contributed by atoms with Crippen molar-refractivity contribution >= 4 is 21.8 Å². The maximum Gasteiger partial charge on any atom is 0.288 e. The van der Waals surface area contributed by atoms with Gasteiger partial charge in [0.1, 0.15) is 0 Å². The number of nitrogens with two attached hydrogens (primary N) is 1. The fraction of sp³-hybridized carbons (Fsp3) is 0. The molecule has 104 valence electrons. The van der Waals surface area contributed by atoms with E-state index in [4.69, 9.17) is 5.73 Å². The van der Waals surface area contributed by atoms with Crippen molar-refractivity contribution in [1.82, 2.24) is 14.8 Å². The Hall–Kier alpha value is -2.47. The van der Waals surface area contributed by atoms with Crippen LogP contribution in [0.2, 0.25) is 0 Å². The molecule has 0 unspecified atom stereocenters. The molecule has 3 rings (SSSR count). The largest absolute Gasteiger partial charge is 0.363 e. The molecule has 0 aliphatic heterocycles. The SMILES string of the molecule is NC(=O)c1nc(-c2ccc(Br)cc2)n(-c2ccccc2)n1. The highest BCUT2D eigenvalue weighted by Gasteiger charge is 2.16. The highest BCUT2D eigenvalue weighted by atomic mass is 79.9. The van der Waals surface area contributed by atoms with Crippen LogP contribution in [0.4, 0.5) is 0 Å². The molecule has 0 saturated heterocycles. The second-order valence-corrected chi connectivity index (χ2v) is 5.29. The number of para-hydroxylation sites is 1. The van der Waals surface area contributed by atoms with Gasteiger partial charge in [-0.05, 0) is 24.3 Å². The summed E-state index contributed by atoms with van der Waals surface area (Å²) in [5, 5.41) is 4.20. The highest BCUT2D eigenvalue weighted by Crippen LogP contribution is 2.23. The van der Waals surface area contributed by atoms with Gasteiger partial charge < -0.3 is 5.73 Å². The summed E-state index contributed by atoms with van der Waals surface area (Å²) in [7, 11) is 0. The Balaban J connectivity index is 2.19. The molecule has 0 aliphatic rings. The van der Waals surface area contributed by atoms with Gasteiger partial charge in [-0.25, -0.2) is 9.67 Å². The molecule has 0 atom stereocenters. The van der Waals surface area contributed by atoms with Crippen LogP contribution < -0.4 is 5.73 Å². The van der Waals surface area contributed by atoms with Gasteiger partial charge in [-0.2, -0.15) is 0 Å². The number of aromatic nitrogens is 3. The van der Waals surface area contributed by atoms with Gasteiger partial charge in [-0.15, -0.1) is 5.10 Å². The number of amides is 1. The van der Waals surface area contributed by atoms with E-state index in [1.165, 1.54) is 0 Å². The fourth-order valence-corrected chi connectivity index (χ4v) is 2.22. The lowest BCUT2D eigenvalue weighted by Crippen LogP contribution is -2.13. The van der Waals surface area contributed by atoms with Crippen LogP contribution >= 0.6 is 15.9 Å². The lowest BCUT2D eigenvalue weighted by molar-refractivity contribution is 0.0990. The molecule has 0 radical (unpaired) electrons. The lowest BCUT2D eigenvalue weighted by Gasteiger charge is -2.05. The first-order chi connectivity index (χ1) is 10.1. The van der Waals surface area contributed by atoms with E-state index in [-0.39, 0.29) is 5.82 Å². The Morgan fingerprint density at radius 3 is 2.33 bits per heavy atom. The van der Waals surface area contributed by atoms with Crippen molar-refractivity contribution in [3.63, 3.8) is 0 Å². The summed E-state index contributed by atoms with van der Waals surface area (Å²) >= 11 is 3.39. The summed E-state index contributed by atoms with van der Waals surface area (Å²) in [5.41, 5.74) is 6.96. The summed E-state index contributed by atoms with van der Waals surface area (Å²) in [6, 6.07) is 17.1. The molecule has 0 spiro atoms. The van der Waals surface area contributed by atoms with Gasteiger partial charge in [0.15, 0.2) is 5.82 Å². The van der Waals surface area contributed by atoms with Crippen molar-refractivity contribution in [1.29, 1.82) is 0 Å². The van der Waals surface area contributed by atoms with Crippen molar-refractivity contribution in [3.8, 4) is 17.1 Å². The molecular formula is C15H11BrN4O. The molecule has 0 bridgehead atoms. The molecule has 0 saturated carbocycles. The van der Waals surface area contributed by atoms with Crippen molar-refractivity contribution in [2.45, 2.75) is 0 Å². The minimum absolute atomic E-state index is 0.00299. The summed E-state index contributed by atoms with van der Waals surface area (Å²) in [4.78, 5) is 15.6. The number of carbonyl (C=O) groups is 1. The average molecular weight is 343 g/mol. The van der Waals surface area contributed by atoms with E-state index in [0.717, 1.165) is 15.7 Å². The molecule has 2 aromatic carbocycles. The van der Waals surface area contributed by atoms with Crippen LogP contribution in [-0.2, 0) is 0 Å². The molecule has 6 heteroatoms. The van der Waals surface area contributed by atoms with E-state index in [0.29, 0.717) is 5.82 Å². The van der Waals surface area contributed by atoms with Gasteiger partial charge in [0.25, 0.3) is 5.91 Å². The number of hydrogen-bond acceptors (Lipinski definition) is 3. The minimum Gasteiger partial charge on any atom is -0.363 e. The summed E-state index contributed by atoms with van der Waals surface area (Å²) in [6.07, 6.45) is 0. The third kappa shape index (κ3) is 2.71.